The molecule has 0 atom stereocenters. The number of nitriles is 1. The average molecular weight is 471 g/mol. The van der Waals surface area contributed by atoms with Crippen LogP contribution in [0.2, 0.25) is 0 Å². The summed E-state index contributed by atoms with van der Waals surface area (Å²) in [6.45, 7) is 9.20. The normalized spacial score (nSPS) is 17.0. The minimum Gasteiger partial charge on any atom is -0.346 e. The highest BCUT2D eigenvalue weighted by atomic mass is 16.5. The molecular weight excluding hydrogens is 440 g/mol. The number of aromatic nitrogens is 3. The van der Waals surface area contributed by atoms with E-state index < -0.39 is 0 Å². The van der Waals surface area contributed by atoms with Gasteiger partial charge in [0.2, 0.25) is 11.7 Å². The number of benzene rings is 1. The molecule has 0 bridgehead atoms. The van der Waals surface area contributed by atoms with E-state index in [-0.39, 0.29) is 11.5 Å². The van der Waals surface area contributed by atoms with Gasteiger partial charge >= 0.3 is 0 Å². The van der Waals surface area contributed by atoms with Crippen LogP contribution in [-0.4, -0.2) is 56.6 Å². The molecule has 1 saturated carbocycles. The van der Waals surface area contributed by atoms with Gasteiger partial charge in [-0.25, -0.2) is 0 Å². The van der Waals surface area contributed by atoms with E-state index >= 15 is 0 Å². The van der Waals surface area contributed by atoms with Crippen molar-refractivity contribution in [2.75, 3.05) is 26.2 Å². The smallest absolute Gasteiger partial charge is 0.264 e. The van der Waals surface area contributed by atoms with Gasteiger partial charge in [-0.2, -0.15) is 10.2 Å². The van der Waals surface area contributed by atoms with Gasteiger partial charge in [-0.15, -0.1) is 0 Å². The van der Waals surface area contributed by atoms with Crippen LogP contribution >= 0.6 is 0 Å². The molecule has 3 heterocycles. The van der Waals surface area contributed by atoms with Gasteiger partial charge in [0.1, 0.15) is 11.6 Å². The maximum absolute atomic E-state index is 13.1. The van der Waals surface area contributed by atoms with E-state index in [1.54, 1.807) is 11.0 Å². The van der Waals surface area contributed by atoms with E-state index in [9.17, 15) is 10.1 Å². The van der Waals surface area contributed by atoms with Crippen molar-refractivity contribution in [2.45, 2.75) is 46.2 Å². The second-order valence-corrected chi connectivity index (χ2v) is 9.54. The van der Waals surface area contributed by atoms with Gasteiger partial charge in [0.05, 0.1) is 6.54 Å². The zero-order valence-electron chi connectivity index (χ0n) is 20.5. The van der Waals surface area contributed by atoms with Gasteiger partial charge in [0.25, 0.3) is 5.91 Å². The Morgan fingerprint density at radius 1 is 1.14 bits per heavy atom. The van der Waals surface area contributed by atoms with Crippen LogP contribution in [0.3, 0.4) is 0 Å². The standard InChI is InChI=1S/C27H30N6O2/c1-18-4-6-21(7-5-18)26-29-25(35-30-26)17-31-10-12-32(13-11-31)27(34)23(16-28)15-22-14-19(2)33(20(22)3)24-8-9-24/h4-7,14-15,24H,8-13,17H2,1-3H3/b23-15+. The van der Waals surface area contributed by atoms with Gasteiger partial charge < -0.3 is 14.0 Å². The highest BCUT2D eigenvalue weighted by Gasteiger charge is 2.28. The fourth-order valence-corrected chi connectivity index (χ4v) is 4.75. The van der Waals surface area contributed by atoms with Gasteiger partial charge in [0.15, 0.2) is 0 Å². The lowest BCUT2D eigenvalue weighted by molar-refractivity contribution is -0.128. The average Bonchev–Trinajstić information content (AvgIpc) is 3.51. The minimum atomic E-state index is -0.206. The highest BCUT2D eigenvalue weighted by molar-refractivity contribution is 6.01. The fourth-order valence-electron chi connectivity index (χ4n) is 4.75. The van der Waals surface area contributed by atoms with E-state index in [0.29, 0.717) is 50.5 Å². The Kier molecular flexibility index (Phi) is 6.27. The number of nitrogens with zero attached hydrogens (tertiary/aromatic N) is 6. The number of hydrogen-bond donors (Lipinski definition) is 0. The molecule has 2 fully saturated rings. The van der Waals surface area contributed by atoms with Crippen molar-refractivity contribution < 1.29 is 9.32 Å². The van der Waals surface area contributed by atoms with E-state index in [2.05, 4.69) is 45.6 Å². The molecule has 8 heteroatoms. The van der Waals surface area contributed by atoms with E-state index in [1.807, 2.05) is 31.2 Å². The first-order valence-electron chi connectivity index (χ1n) is 12.1. The Morgan fingerprint density at radius 2 is 1.86 bits per heavy atom. The first-order valence-corrected chi connectivity index (χ1v) is 12.1. The maximum atomic E-state index is 13.1. The highest BCUT2D eigenvalue weighted by Crippen LogP contribution is 2.38. The number of carbonyl (C=O) groups excluding carboxylic acids is 1. The molecule has 1 amide bonds. The lowest BCUT2D eigenvalue weighted by atomic mass is 10.1. The topological polar surface area (TPSA) is 91.2 Å². The quantitative estimate of drug-likeness (QED) is 0.399. The monoisotopic (exact) mass is 470 g/mol. The Morgan fingerprint density at radius 3 is 2.51 bits per heavy atom. The zero-order chi connectivity index (χ0) is 24.5. The predicted molar refractivity (Wildman–Crippen MR) is 132 cm³/mol. The largest absolute Gasteiger partial charge is 0.346 e. The van der Waals surface area contributed by atoms with Crippen LogP contribution in [0, 0.1) is 32.1 Å². The molecule has 1 aliphatic carbocycles. The Labute approximate surface area is 205 Å². The molecular formula is C27H30N6O2. The summed E-state index contributed by atoms with van der Waals surface area (Å²) in [6.07, 6.45) is 4.15. The Bertz CT molecular complexity index is 1300. The summed E-state index contributed by atoms with van der Waals surface area (Å²) in [7, 11) is 0. The van der Waals surface area contributed by atoms with Crippen molar-refractivity contribution in [3.05, 3.63) is 64.3 Å². The summed E-state index contributed by atoms with van der Waals surface area (Å²) in [4.78, 5) is 21.6. The molecule has 3 aromatic rings. The number of hydrogen-bond acceptors (Lipinski definition) is 6. The lowest BCUT2D eigenvalue weighted by Crippen LogP contribution is -2.48. The van der Waals surface area contributed by atoms with Gasteiger partial charge in [-0.05, 0) is 51.3 Å². The van der Waals surface area contributed by atoms with Crippen molar-refractivity contribution in [2.24, 2.45) is 0 Å². The number of rotatable bonds is 6. The molecule has 35 heavy (non-hydrogen) atoms. The Hall–Kier alpha value is -3.70. The van der Waals surface area contributed by atoms with Crippen molar-refractivity contribution in [3.8, 4) is 17.5 Å². The molecule has 180 valence electrons. The van der Waals surface area contributed by atoms with E-state index in [1.165, 1.54) is 24.1 Å². The lowest BCUT2D eigenvalue weighted by Gasteiger charge is -2.33. The first kappa shape index (κ1) is 23.1. The predicted octanol–water partition coefficient (Wildman–Crippen LogP) is 4.05. The summed E-state index contributed by atoms with van der Waals surface area (Å²) in [5.74, 6) is 0.936. The molecule has 5 rings (SSSR count). The van der Waals surface area contributed by atoms with Gasteiger partial charge in [-0.1, -0.05) is 35.0 Å². The van der Waals surface area contributed by atoms with Crippen LogP contribution in [0.25, 0.3) is 17.5 Å². The van der Waals surface area contributed by atoms with Crippen LogP contribution in [-0.2, 0) is 11.3 Å². The summed E-state index contributed by atoms with van der Waals surface area (Å²) in [6, 6.07) is 12.8. The second-order valence-electron chi connectivity index (χ2n) is 9.54. The maximum Gasteiger partial charge on any atom is 0.264 e. The fraction of sp³-hybridized carbons (Fsp3) is 0.407. The van der Waals surface area contributed by atoms with Crippen LogP contribution in [0.4, 0.5) is 0 Å². The third-order valence-corrected chi connectivity index (χ3v) is 6.88. The number of carbonyl (C=O) groups is 1. The number of amides is 1. The molecule has 1 aromatic carbocycles. The van der Waals surface area contributed by atoms with Crippen molar-refractivity contribution in [1.82, 2.24) is 24.5 Å². The molecule has 0 radical (unpaired) electrons. The van der Waals surface area contributed by atoms with Gasteiger partial charge in [-0.3, -0.25) is 9.69 Å². The Balaban J connectivity index is 1.20. The minimum absolute atomic E-state index is 0.189. The molecule has 2 aliphatic rings. The summed E-state index contributed by atoms with van der Waals surface area (Å²) < 4.78 is 7.78. The summed E-state index contributed by atoms with van der Waals surface area (Å²) in [5.41, 5.74) is 5.56. The van der Waals surface area contributed by atoms with Crippen molar-refractivity contribution in [3.63, 3.8) is 0 Å². The third-order valence-electron chi connectivity index (χ3n) is 6.88. The molecule has 0 spiro atoms. The van der Waals surface area contributed by atoms with Crippen LogP contribution < -0.4 is 0 Å². The zero-order valence-corrected chi connectivity index (χ0v) is 20.5. The SMILES string of the molecule is Cc1ccc(-c2noc(CN3CCN(C(=O)/C(C#N)=C/c4cc(C)n(C5CC5)c4C)CC3)n2)cc1. The number of piperazine rings is 1. The van der Waals surface area contributed by atoms with Crippen molar-refractivity contribution in [1.29, 1.82) is 5.26 Å². The van der Waals surface area contributed by atoms with E-state index in [0.717, 1.165) is 16.8 Å². The second kappa shape index (κ2) is 9.51. The van der Waals surface area contributed by atoms with E-state index in [4.69, 9.17) is 4.52 Å². The summed E-state index contributed by atoms with van der Waals surface area (Å²) in [5, 5.41) is 13.8. The van der Waals surface area contributed by atoms with Gasteiger partial charge in [0, 0.05) is 49.2 Å². The molecule has 2 aromatic heterocycles. The van der Waals surface area contributed by atoms with Crippen LogP contribution in [0.1, 0.15) is 47.3 Å². The number of aryl methyl sites for hydroxylation is 2. The van der Waals surface area contributed by atoms with Crippen LogP contribution in [0.15, 0.2) is 40.4 Å². The first-order chi connectivity index (χ1) is 16.9. The molecule has 1 aliphatic heterocycles. The molecule has 8 nitrogen and oxygen atoms in total. The molecule has 0 N–H and O–H groups in total. The molecule has 1 saturated heterocycles. The van der Waals surface area contributed by atoms with Crippen molar-refractivity contribution >= 4 is 12.0 Å². The summed E-state index contributed by atoms with van der Waals surface area (Å²) >= 11 is 0. The molecule has 0 unspecified atom stereocenters. The van der Waals surface area contributed by atoms with Crippen LogP contribution in [0.5, 0.6) is 0 Å². The third kappa shape index (κ3) is 4.91.